The molecule has 10 heterocycles. The van der Waals surface area contributed by atoms with Gasteiger partial charge in [0.25, 0.3) is 0 Å². The zero-order chi connectivity index (χ0) is 11.1. The van der Waals surface area contributed by atoms with Crippen molar-refractivity contribution in [2.24, 2.45) is 0 Å². The van der Waals surface area contributed by atoms with Crippen LogP contribution in [0.2, 0.25) is 47.5 Å². The summed E-state index contributed by atoms with van der Waals surface area (Å²) < 4.78 is 0.233. The van der Waals surface area contributed by atoms with Crippen molar-refractivity contribution in [1.82, 2.24) is 0 Å². The molecule has 10 aliphatic rings. The summed E-state index contributed by atoms with van der Waals surface area (Å²) in [5.41, 5.74) is 0. The molecule has 0 amide bonds. The second kappa shape index (κ2) is 0.463. The van der Waals surface area contributed by atoms with Crippen molar-refractivity contribution < 1.29 is 16.0 Å². The number of hydrogen-bond acceptors (Lipinski definition) is 2. The van der Waals surface area contributed by atoms with Gasteiger partial charge in [0.1, 0.15) is 0 Å². The monoisotopic (exact) mass is 273 g/mol. The van der Waals surface area contributed by atoms with Gasteiger partial charge in [-0.3, -0.25) is 0 Å². The molecule has 0 N–H and O–H groups in total. The molecule has 0 aromatic carbocycles. The third-order valence-electron chi connectivity index (χ3n) is 15.1. The van der Waals surface area contributed by atoms with E-state index in [0.29, 0.717) is 11.6 Å². The van der Waals surface area contributed by atoms with E-state index in [-0.39, 0.29) is 8.70 Å². The number of ketones is 2. The maximum absolute atomic E-state index is 12.6. The molecule has 0 saturated carbocycles. The molecular formula is C14H14CoO2. The van der Waals surface area contributed by atoms with Gasteiger partial charge in [-0.2, -0.15) is 0 Å². The Morgan fingerprint density at radius 2 is 1.12 bits per heavy atom. The van der Waals surface area contributed by atoms with E-state index in [1.165, 1.54) is 0 Å². The first-order valence-electron chi connectivity index (χ1n) is 6.94. The summed E-state index contributed by atoms with van der Waals surface area (Å²) >= 11 is 0. The fourth-order valence-corrected chi connectivity index (χ4v) is 88.3. The summed E-state index contributed by atoms with van der Waals surface area (Å²) in [6, 6.07) is 0. The summed E-state index contributed by atoms with van der Waals surface area (Å²) in [5, 5.41) is 0. The van der Waals surface area contributed by atoms with Gasteiger partial charge in [0, 0.05) is 0 Å². The first-order valence-corrected chi connectivity index (χ1v) is 12.8. The molecule has 1 spiro atoms. The van der Waals surface area contributed by atoms with Crippen molar-refractivity contribution in [2.45, 2.75) is 61.4 Å². The molecule has 4 unspecified atom stereocenters. The van der Waals surface area contributed by atoms with Crippen LogP contribution in [0.4, 0.5) is 0 Å². The van der Waals surface area contributed by atoms with E-state index >= 15 is 0 Å². The van der Waals surface area contributed by atoms with E-state index in [1.807, 2.05) is 13.8 Å². The zero-order valence-corrected chi connectivity index (χ0v) is 10.8. The molecule has 10 saturated heterocycles. The molecule has 0 aliphatic carbocycles. The van der Waals surface area contributed by atoms with E-state index in [2.05, 4.69) is 0 Å². The molecule has 17 heavy (non-hydrogen) atoms. The quantitative estimate of drug-likeness (QED) is 0.773. The van der Waals surface area contributed by atoms with Crippen LogP contribution in [0.1, 0.15) is 13.8 Å². The van der Waals surface area contributed by atoms with Crippen molar-refractivity contribution in [2.75, 3.05) is 0 Å². The molecule has 10 aliphatic heterocycles. The van der Waals surface area contributed by atoms with Crippen LogP contribution in [0.3, 0.4) is 0 Å². The van der Waals surface area contributed by atoms with Gasteiger partial charge in [-0.25, -0.2) is 0 Å². The summed E-state index contributed by atoms with van der Waals surface area (Å²) in [7, 11) is 0. The number of carbonyl (C=O) groups is 2. The number of Topliss-reactive ketones (excluding diaryl/α,β-unsaturated/α-hetero) is 2. The predicted molar refractivity (Wildman–Crippen MR) is 56.7 cm³/mol. The van der Waals surface area contributed by atoms with E-state index in [1.54, 1.807) is 0 Å². The number of hydrogen-bond donors (Lipinski definition) is 0. The normalized spacial score (nSPS) is 123. The molecule has 0 radical (unpaired) electrons. The molecule has 91 valence electrons. The summed E-state index contributed by atoms with van der Waals surface area (Å²) in [5.74, 6) is 1.01. The third-order valence-corrected chi connectivity index (χ3v) is 55.6. The Morgan fingerprint density at radius 3 is 1.24 bits per heavy atom. The predicted octanol–water partition coefficient (Wildman–Crippen LogP) is 3.29. The van der Waals surface area contributed by atoms with Gasteiger partial charge in [0.2, 0.25) is 0 Å². The van der Waals surface area contributed by atoms with Gasteiger partial charge >= 0.3 is 88.9 Å². The third kappa shape index (κ3) is 0.0533. The van der Waals surface area contributed by atoms with Crippen LogP contribution in [0.25, 0.3) is 0 Å². The average Bonchev–Trinajstić information content (AvgIpc) is 3.22. The number of carbonyl (C=O) groups excluding carboxylic acids is 2. The second-order valence-corrected chi connectivity index (χ2v) is 32.3. The fraction of sp³-hybridized carbons (Fsp3) is 0.857. The Labute approximate surface area is 89.0 Å². The molecule has 0 bridgehead atoms. The van der Waals surface area contributed by atoms with Crippen molar-refractivity contribution in [3.05, 3.63) is 0 Å². The van der Waals surface area contributed by atoms with E-state index < -0.39 is 6.37 Å². The van der Waals surface area contributed by atoms with Gasteiger partial charge in [0.05, 0.1) is 0 Å². The van der Waals surface area contributed by atoms with Crippen molar-refractivity contribution in [3.8, 4) is 0 Å². The summed E-state index contributed by atoms with van der Waals surface area (Å²) in [4.78, 5) is 33.3. The standard InChI is InChI=1S/C9H9O2.C5H5.Co/c1-6(10)8-4-3-5-9(8)7(2)11;1-2-4-5-3-1;/h3-5H,1-2H3;1-5H;. The first kappa shape index (κ1) is 6.33. The molecule has 2 nitrogen and oxygen atoms in total. The molecule has 10 fully saturated rings. The van der Waals surface area contributed by atoms with Crippen LogP contribution in [0, 0.1) is 0 Å². The Bertz CT molecular complexity index is 993. The van der Waals surface area contributed by atoms with Crippen molar-refractivity contribution >= 4 is 11.6 Å². The Kier molecular flexibility index (Phi) is 0.173. The molecule has 4 atom stereocenters. The summed E-state index contributed by atoms with van der Waals surface area (Å²) in [6.45, 7) is 3.73. The second-order valence-electron chi connectivity index (χ2n) is 10.4. The molecule has 0 aromatic rings. The Morgan fingerprint density at radius 1 is 0.765 bits per heavy atom. The zero-order valence-electron chi connectivity index (χ0n) is 9.77. The van der Waals surface area contributed by atoms with Gasteiger partial charge in [-0.05, 0) is 0 Å². The van der Waals surface area contributed by atoms with Crippen LogP contribution in [0.15, 0.2) is 0 Å². The number of fused-ring (bicyclic) bond motifs is 10. The Hall–Kier alpha value is -0.154. The van der Waals surface area contributed by atoms with Gasteiger partial charge < -0.3 is 0 Å². The SMILES string of the molecule is CC(=O)[C]12[CH]3[CH]4[CH]5[C]1(C(C)=O)[Co]43521678[CH]2[CH]1[CH]6[CH]7[CH]28. The molecular weight excluding hydrogens is 259 g/mol. The van der Waals surface area contributed by atoms with Gasteiger partial charge in [0.15, 0.2) is 0 Å². The summed E-state index contributed by atoms with van der Waals surface area (Å²) in [6.07, 6.45) is -3.50. The topological polar surface area (TPSA) is 34.1 Å². The van der Waals surface area contributed by atoms with Crippen LogP contribution < -0.4 is 0 Å². The minimum atomic E-state index is -3.50. The van der Waals surface area contributed by atoms with Crippen LogP contribution in [0.5, 0.6) is 0 Å². The van der Waals surface area contributed by atoms with Crippen LogP contribution in [-0.2, 0) is 16.0 Å². The van der Waals surface area contributed by atoms with Crippen molar-refractivity contribution in [1.29, 1.82) is 0 Å². The number of rotatable bonds is 2. The maximum atomic E-state index is 12.6. The Balaban J connectivity index is 1.81. The molecule has 3 heteroatoms. The van der Waals surface area contributed by atoms with Crippen molar-refractivity contribution in [3.63, 3.8) is 0 Å². The first-order chi connectivity index (χ1) is 7.82. The van der Waals surface area contributed by atoms with E-state index in [9.17, 15) is 9.59 Å². The van der Waals surface area contributed by atoms with Gasteiger partial charge in [-0.15, -0.1) is 0 Å². The fourth-order valence-electron chi connectivity index (χ4n) is 17.5. The molecule has 10 rings (SSSR count). The van der Waals surface area contributed by atoms with Crippen LogP contribution in [-0.4, -0.2) is 11.6 Å². The average molecular weight is 273 g/mol. The molecule has 0 aromatic heterocycles. The van der Waals surface area contributed by atoms with E-state index in [0.717, 1.165) is 38.8 Å². The minimum absolute atomic E-state index is 0.117. The van der Waals surface area contributed by atoms with E-state index in [4.69, 9.17) is 0 Å². The van der Waals surface area contributed by atoms with Gasteiger partial charge in [-0.1, -0.05) is 0 Å². The van der Waals surface area contributed by atoms with Crippen LogP contribution >= 0.6 is 0 Å².